The summed E-state index contributed by atoms with van der Waals surface area (Å²) in [7, 11) is 1.00. The first-order chi connectivity index (χ1) is 10.6. The van der Waals surface area contributed by atoms with E-state index in [-0.39, 0.29) is 28.3 Å². The van der Waals surface area contributed by atoms with Gasteiger partial charge in [-0.1, -0.05) is 12.1 Å². The molecule has 0 saturated carbocycles. The minimum absolute atomic E-state index is 0. The first kappa shape index (κ1) is 19.9. The number of hydrogen-bond acceptors (Lipinski definition) is 6. The standard InChI is InChI=1S/C14H12N2O4.CH4O.H2O/c17-11-4-2-1-3-10(11)8-15-16-14(20)9-5-6-12(18)13(19)7-9;1-2;/h1-8,17-19H,(H,16,20);2H,1H3;1H2. The van der Waals surface area contributed by atoms with Gasteiger partial charge >= 0.3 is 0 Å². The molecule has 2 rings (SSSR count). The monoisotopic (exact) mass is 322 g/mol. The Kier molecular flexibility index (Phi) is 8.45. The van der Waals surface area contributed by atoms with Crippen LogP contribution in [0.1, 0.15) is 15.9 Å². The van der Waals surface area contributed by atoms with E-state index in [1.807, 2.05) is 0 Å². The zero-order chi connectivity index (χ0) is 16.5. The second kappa shape index (κ2) is 9.77. The smallest absolute Gasteiger partial charge is 0.271 e. The normalized spacial score (nSPS) is 9.48. The molecule has 8 nitrogen and oxygen atoms in total. The topological polar surface area (TPSA) is 154 Å². The number of hydrogen-bond donors (Lipinski definition) is 5. The van der Waals surface area contributed by atoms with E-state index in [0.29, 0.717) is 5.56 Å². The Morgan fingerprint density at radius 3 is 2.26 bits per heavy atom. The second-order valence-electron chi connectivity index (χ2n) is 3.96. The molecule has 124 valence electrons. The summed E-state index contributed by atoms with van der Waals surface area (Å²) >= 11 is 0. The largest absolute Gasteiger partial charge is 0.507 e. The van der Waals surface area contributed by atoms with Crippen molar-refractivity contribution in [2.24, 2.45) is 5.10 Å². The molecule has 0 bridgehead atoms. The molecule has 0 aliphatic rings. The Balaban J connectivity index is 0.00000155. The minimum Gasteiger partial charge on any atom is -0.507 e. The zero-order valence-corrected chi connectivity index (χ0v) is 12.3. The summed E-state index contributed by atoms with van der Waals surface area (Å²) in [5.41, 5.74) is 2.86. The molecule has 0 radical (unpaired) electrons. The molecule has 0 aliphatic carbocycles. The number of nitrogens with one attached hydrogen (secondary N) is 1. The van der Waals surface area contributed by atoms with Crippen LogP contribution in [-0.2, 0) is 0 Å². The molecule has 0 unspecified atom stereocenters. The number of aliphatic hydroxyl groups excluding tert-OH is 1. The summed E-state index contributed by atoms with van der Waals surface area (Å²) < 4.78 is 0. The first-order valence-electron chi connectivity index (χ1n) is 6.16. The Labute approximate surface area is 132 Å². The van der Waals surface area contributed by atoms with Crippen molar-refractivity contribution in [2.45, 2.75) is 0 Å². The molecule has 2 aromatic rings. The highest BCUT2D eigenvalue weighted by atomic mass is 16.3. The highest BCUT2D eigenvalue weighted by Gasteiger charge is 2.07. The van der Waals surface area contributed by atoms with Gasteiger partial charge in [-0.25, -0.2) is 5.43 Å². The molecule has 0 fully saturated rings. The second-order valence-corrected chi connectivity index (χ2v) is 3.96. The lowest BCUT2D eigenvalue weighted by Gasteiger charge is -2.02. The quantitative estimate of drug-likeness (QED) is 0.313. The van der Waals surface area contributed by atoms with Crippen molar-refractivity contribution in [3.63, 3.8) is 0 Å². The predicted molar refractivity (Wildman–Crippen MR) is 84.7 cm³/mol. The van der Waals surface area contributed by atoms with Crippen molar-refractivity contribution < 1.29 is 30.7 Å². The van der Waals surface area contributed by atoms with Gasteiger partial charge in [0.15, 0.2) is 11.5 Å². The number of aromatic hydroxyl groups is 3. The summed E-state index contributed by atoms with van der Waals surface area (Å²) in [5, 5.41) is 38.6. The van der Waals surface area contributed by atoms with Crippen LogP contribution in [-0.4, -0.2) is 45.1 Å². The van der Waals surface area contributed by atoms with Crippen molar-refractivity contribution in [1.29, 1.82) is 0 Å². The number of carbonyl (C=O) groups excluding carboxylic acids is 1. The van der Waals surface area contributed by atoms with Crippen LogP contribution in [0.4, 0.5) is 0 Å². The maximum Gasteiger partial charge on any atom is 0.271 e. The van der Waals surface area contributed by atoms with Crippen molar-refractivity contribution in [1.82, 2.24) is 5.43 Å². The molecule has 23 heavy (non-hydrogen) atoms. The summed E-state index contributed by atoms with van der Waals surface area (Å²) in [6.45, 7) is 0. The molecule has 0 saturated heterocycles. The number of benzene rings is 2. The van der Waals surface area contributed by atoms with Gasteiger partial charge in [-0.15, -0.1) is 0 Å². The van der Waals surface area contributed by atoms with Gasteiger partial charge in [-0.05, 0) is 30.3 Å². The van der Waals surface area contributed by atoms with Crippen molar-refractivity contribution in [3.05, 3.63) is 53.6 Å². The Hall–Kier alpha value is -3.10. The van der Waals surface area contributed by atoms with Crippen LogP contribution in [0, 0.1) is 0 Å². The van der Waals surface area contributed by atoms with Crippen LogP contribution in [0.3, 0.4) is 0 Å². The molecular formula is C15H18N2O6. The van der Waals surface area contributed by atoms with Gasteiger partial charge in [-0.3, -0.25) is 4.79 Å². The predicted octanol–water partition coefficient (Wildman–Crippen LogP) is 0.351. The number of aliphatic hydroxyl groups is 1. The minimum atomic E-state index is -0.549. The molecular weight excluding hydrogens is 304 g/mol. The SMILES string of the molecule is CO.O.O=C(NN=Cc1ccccc1O)c1ccc(O)c(O)c1. The lowest BCUT2D eigenvalue weighted by atomic mass is 10.2. The van der Waals surface area contributed by atoms with Gasteiger partial charge in [0.05, 0.1) is 6.21 Å². The van der Waals surface area contributed by atoms with Crippen LogP contribution in [0.2, 0.25) is 0 Å². The first-order valence-corrected chi connectivity index (χ1v) is 6.16. The van der Waals surface area contributed by atoms with Crippen LogP contribution in [0.25, 0.3) is 0 Å². The lowest BCUT2D eigenvalue weighted by Crippen LogP contribution is -2.17. The molecule has 0 spiro atoms. The number of nitrogens with zero attached hydrogens (tertiary/aromatic N) is 1. The van der Waals surface area contributed by atoms with Crippen LogP contribution >= 0.6 is 0 Å². The molecule has 0 aromatic heterocycles. The number of carbonyl (C=O) groups is 1. The maximum absolute atomic E-state index is 11.7. The average Bonchev–Trinajstić information content (AvgIpc) is 2.53. The van der Waals surface area contributed by atoms with Crippen molar-refractivity contribution in [2.75, 3.05) is 7.11 Å². The third-order valence-electron chi connectivity index (χ3n) is 2.54. The number of para-hydroxylation sites is 1. The molecule has 0 aliphatic heterocycles. The van der Waals surface area contributed by atoms with Gasteiger partial charge in [0.2, 0.25) is 0 Å². The van der Waals surface area contributed by atoms with Gasteiger partial charge in [0, 0.05) is 18.2 Å². The number of phenolic OH excluding ortho intramolecular Hbond substituents is 3. The lowest BCUT2D eigenvalue weighted by molar-refractivity contribution is 0.0954. The fraction of sp³-hybridized carbons (Fsp3) is 0.0667. The molecule has 7 N–H and O–H groups in total. The van der Waals surface area contributed by atoms with Crippen LogP contribution < -0.4 is 5.43 Å². The Morgan fingerprint density at radius 2 is 1.65 bits per heavy atom. The third kappa shape index (κ3) is 5.65. The van der Waals surface area contributed by atoms with Gasteiger partial charge in [-0.2, -0.15) is 5.10 Å². The summed E-state index contributed by atoms with van der Waals surface area (Å²) in [6, 6.07) is 10.2. The number of phenols is 3. The number of hydrazone groups is 1. The summed E-state index contributed by atoms with van der Waals surface area (Å²) in [4.78, 5) is 11.7. The van der Waals surface area contributed by atoms with E-state index in [9.17, 15) is 15.0 Å². The Morgan fingerprint density at radius 1 is 1.00 bits per heavy atom. The van der Waals surface area contributed by atoms with Gasteiger partial charge < -0.3 is 25.9 Å². The Bertz CT molecular complexity index is 673. The van der Waals surface area contributed by atoms with Crippen LogP contribution in [0.5, 0.6) is 17.2 Å². The van der Waals surface area contributed by atoms with Gasteiger partial charge in [0.1, 0.15) is 5.75 Å². The van der Waals surface area contributed by atoms with E-state index in [2.05, 4.69) is 10.5 Å². The molecule has 1 amide bonds. The van der Waals surface area contributed by atoms with E-state index in [4.69, 9.17) is 10.2 Å². The van der Waals surface area contributed by atoms with E-state index >= 15 is 0 Å². The van der Waals surface area contributed by atoms with E-state index in [1.165, 1.54) is 24.4 Å². The van der Waals surface area contributed by atoms with Crippen LogP contribution in [0.15, 0.2) is 47.6 Å². The summed E-state index contributed by atoms with van der Waals surface area (Å²) in [6.07, 6.45) is 1.30. The molecule has 0 atom stereocenters. The van der Waals surface area contributed by atoms with E-state index < -0.39 is 5.91 Å². The molecule has 2 aromatic carbocycles. The zero-order valence-electron chi connectivity index (χ0n) is 12.3. The highest BCUT2D eigenvalue weighted by molar-refractivity contribution is 5.95. The van der Waals surface area contributed by atoms with E-state index in [1.54, 1.807) is 18.2 Å². The third-order valence-corrected chi connectivity index (χ3v) is 2.54. The number of rotatable bonds is 3. The number of amides is 1. The average molecular weight is 322 g/mol. The molecule has 8 heteroatoms. The van der Waals surface area contributed by atoms with Crippen molar-refractivity contribution >= 4 is 12.1 Å². The van der Waals surface area contributed by atoms with E-state index in [0.717, 1.165) is 13.2 Å². The van der Waals surface area contributed by atoms with Crippen molar-refractivity contribution in [3.8, 4) is 17.2 Å². The summed E-state index contributed by atoms with van der Waals surface area (Å²) in [5.74, 6) is -1.19. The fourth-order valence-corrected chi connectivity index (χ4v) is 1.49. The highest BCUT2D eigenvalue weighted by Crippen LogP contribution is 2.24. The molecule has 0 heterocycles. The van der Waals surface area contributed by atoms with Gasteiger partial charge in [0.25, 0.3) is 5.91 Å². The maximum atomic E-state index is 11.7. The fourth-order valence-electron chi connectivity index (χ4n) is 1.49.